The van der Waals surface area contributed by atoms with Crippen molar-refractivity contribution in [2.24, 2.45) is 0 Å². The van der Waals surface area contributed by atoms with E-state index in [1.165, 1.54) is 6.42 Å². The number of ether oxygens (including phenoxy) is 2. The Kier molecular flexibility index (Phi) is 7.67. The molecular formula is C25H33BrN6O3. The molecule has 35 heavy (non-hydrogen) atoms. The van der Waals surface area contributed by atoms with E-state index in [2.05, 4.69) is 42.6 Å². The van der Waals surface area contributed by atoms with Gasteiger partial charge in [-0.25, -0.2) is 11.4 Å². The van der Waals surface area contributed by atoms with E-state index in [1.54, 1.807) is 4.90 Å². The van der Waals surface area contributed by atoms with Crippen LogP contribution in [0.3, 0.4) is 0 Å². The Morgan fingerprint density at radius 2 is 2.03 bits per heavy atom. The molecule has 0 N–H and O–H groups in total. The second-order valence-electron chi connectivity index (χ2n) is 10.2. The number of likely N-dealkylation sites (tertiary alicyclic amines) is 1. The maximum Gasteiger partial charge on any atom is 0.410 e. The molecular weight excluding hydrogens is 512 g/mol. The van der Waals surface area contributed by atoms with Crippen LogP contribution in [0.5, 0.6) is 6.01 Å². The number of benzene rings is 1. The largest absolute Gasteiger partial charge is 0.462 e. The van der Waals surface area contributed by atoms with Crippen LogP contribution in [-0.4, -0.2) is 89.9 Å². The maximum absolute atomic E-state index is 12.8. The van der Waals surface area contributed by atoms with Crippen LogP contribution >= 0.6 is 15.9 Å². The Morgan fingerprint density at radius 3 is 2.71 bits per heavy atom. The highest BCUT2D eigenvalue weighted by molar-refractivity contribution is 9.10. The zero-order valence-corrected chi connectivity index (χ0v) is 22.4. The molecule has 2 fully saturated rings. The predicted octanol–water partition coefficient (Wildman–Crippen LogP) is 4.21. The number of likely N-dealkylation sites (N-methyl/N-ethyl adjacent to an activating group) is 1. The Balaban J connectivity index is 1.60. The normalized spacial score (nSPS) is 21.3. The molecule has 0 radical (unpaired) electrons. The predicted molar refractivity (Wildman–Crippen MR) is 139 cm³/mol. The van der Waals surface area contributed by atoms with E-state index in [0.29, 0.717) is 38.3 Å². The minimum Gasteiger partial charge on any atom is -0.462 e. The van der Waals surface area contributed by atoms with Crippen LogP contribution in [0.15, 0.2) is 22.7 Å². The summed E-state index contributed by atoms with van der Waals surface area (Å²) in [5, 5.41) is 0.900. The van der Waals surface area contributed by atoms with Gasteiger partial charge in [0, 0.05) is 35.5 Å². The fourth-order valence-corrected chi connectivity index (χ4v) is 4.96. The van der Waals surface area contributed by atoms with Crippen LogP contribution in [0, 0.1) is 6.57 Å². The summed E-state index contributed by atoms with van der Waals surface area (Å²) in [6, 6.07) is 6.32. The third kappa shape index (κ3) is 6.14. The number of rotatable bonds is 5. The summed E-state index contributed by atoms with van der Waals surface area (Å²) in [5.41, 5.74) is 0.204. The average Bonchev–Trinajstić information content (AvgIpc) is 3.21. The molecule has 0 bridgehead atoms. The van der Waals surface area contributed by atoms with Gasteiger partial charge in [-0.15, -0.1) is 0 Å². The molecule has 188 valence electrons. The molecule has 0 unspecified atom stereocenters. The van der Waals surface area contributed by atoms with Gasteiger partial charge in [0.1, 0.15) is 24.1 Å². The lowest BCUT2D eigenvalue weighted by Gasteiger charge is -2.40. The monoisotopic (exact) mass is 544 g/mol. The van der Waals surface area contributed by atoms with E-state index >= 15 is 0 Å². The van der Waals surface area contributed by atoms with E-state index in [9.17, 15) is 4.79 Å². The Morgan fingerprint density at radius 1 is 1.23 bits per heavy atom. The van der Waals surface area contributed by atoms with E-state index in [-0.39, 0.29) is 18.7 Å². The number of piperazine rings is 1. The van der Waals surface area contributed by atoms with Crippen molar-refractivity contribution in [3.8, 4) is 6.01 Å². The summed E-state index contributed by atoms with van der Waals surface area (Å²) < 4.78 is 12.6. The number of hydrogen-bond acceptors (Lipinski definition) is 7. The number of hydrogen-bond donors (Lipinski definition) is 0. The third-order valence-electron chi connectivity index (χ3n) is 6.41. The molecule has 10 heteroatoms. The van der Waals surface area contributed by atoms with Crippen molar-refractivity contribution >= 4 is 38.7 Å². The van der Waals surface area contributed by atoms with Gasteiger partial charge in [-0.2, -0.15) is 9.97 Å². The third-order valence-corrected chi connectivity index (χ3v) is 6.90. The highest BCUT2D eigenvalue weighted by Crippen LogP contribution is 2.31. The summed E-state index contributed by atoms with van der Waals surface area (Å²) in [7, 11) is 2.12. The van der Waals surface area contributed by atoms with Crippen LogP contribution in [-0.2, 0) is 4.74 Å². The topological polar surface area (TPSA) is 75.4 Å². The van der Waals surface area contributed by atoms with Crippen LogP contribution in [0.4, 0.5) is 10.6 Å². The van der Waals surface area contributed by atoms with Crippen LogP contribution in [0.2, 0.25) is 0 Å². The number of carbonyl (C=O) groups is 1. The second kappa shape index (κ2) is 10.5. The number of anilines is 1. The van der Waals surface area contributed by atoms with E-state index in [4.69, 9.17) is 21.0 Å². The minimum absolute atomic E-state index is 0.194. The number of nitrogens with zero attached hydrogens (tertiary/aromatic N) is 6. The summed E-state index contributed by atoms with van der Waals surface area (Å²) >= 11 is 3.56. The van der Waals surface area contributed by atoms with E-state index in [0.717, 1.165) is 34.2 Å². The van der Waals surface area contributed by atoms with E-state index < -0.39 is 5.60 Å². The minimum atomic E-state index is -0.592. The standard InChI is InChI=1S/C25H33BrN6O3/c1-25(2,3)35-24(33)32-12-11-31(15-19(32)14-27-4)22-20-13-17(26)8-9-21(20)28-23(29-22)34-16-18-7-6-10-30(18)5/h8-9,13,18-19H,6-7,10-12,14-16H2,1-3,5H3/t18-,19-/m0/s1. The maximum atomic E-state index is 12.8. The molecule has 9 nitrogen and oxygen atoms in total. The van der Waals surface area contributed by atoms with Crippen molar-refractivity contribution in [2.45, 2.75) is 51.3 Å². The van der Waals surface area contributed by atoms with Crippen molar-refractivity contribution < 1.29 is 14.3 Å². The highest BCUT2D eigenvalue weighted by Gasteiger charge is 2.36. The molecule has 2 aliphatic heterocycles. The molecule has 0 aliphatic carbocycles. The first kappa shape index (κ1) is 25.5. The van der Waals surface area contributed by atoms with Gasteiger partial charge in [0.15, 0.2) is 0 Å². The van der Waals surface area contributed by atoms with Crippen LogP contribution in [0.1, 0.15) is 33.6 Å². The van der Waals surface area contributed by atoms with Gasteiger partial charge in [-0.1, -0.05) is 15.9 Å². The molecule has 3 heterocycles. The Bertz CT molecular complexity index is 1110. The lowest BCUT2D eigenvalue weighted by Crippen LogP contribution is -2.57. The molecule has 2 saturated heterocycles. The number of carbonyl (C=O) groups excluding carboxylic acids is 1. The summed E-state index contributed by atoms with van der Waals surface area (Å²) in [6.45, 7) is 16.3. The van der Waals surface area contributed by atoms with Crippen molar-refractivity contribution in [2.75, 3.05) is 51.3 Å². The number of halogens is 1. The second-order valence-corrected chi connectivity index (χ2v) is 11.1. The van der Waals surface area contributed by atoms with Gasteiger partial charge in [0.05, 0.1) is 5.52 Å². The van der Waals surface area contributed by atoms with Crippen molar-refractivity contribution in [1.29, 1.82) is 0 Å². The molecule has 1 aromatic heterocycles. The van der Waals surface area contributed by atoms with Gasteiger partial charge in [0.25, 0.3) is 0 Å². The molecule has 2 atom stereocenters. The molecule has 2 aliphatic rings. The van der Waals surface area contributed by atoms with E-state index in [1.807, 2.05) is 39.0 Å². The first-order valence-corrected chi connectivity index (χ1v) is 12.8. The quantitative estimate of drug-likeness (QED) is 0.522. The smallest absolute Gasteiger partial charge is 0.410 e. The number of amides is 1. The highest BCUT2D eigenvalue weighted by atomic mass is 79.9. The SMILES string of the molecule is [C-]#[N+]C[C@H]1CN(c2nc(OC[C@@H]3CCCN3C)nc3ccc(Br)cc23)CCN1C(=O)OC(C)(C)C. The molecule has 0 spiro atoms. The summed E-state index contributed by atoms with van der Waals surface area (Å²) in [5.74, 6) is 0.755. The average molecular weight is 545 g/mol. The molecule has 1 aromatic carbocycles. The zero-order chi connectivity index (χ0) is 25.2. The molecule has 4 rings (SSSR count). The summed E-state index contributed by atoms with van der Waals surface area (Å²) in [4.78, 5) is 32.0. The van der Waals surface area contributed by atoms with Crippen LogP contribution < -0.4 is 9.64 Å². The van der Waals surface area contributed by atoms with Gasteiger partial charge < -0.3 is 24.1 Å². The van der Waals surface area contributed by atoms with Crippen molar-refractivity contribution in [3.05, 3.63) is 34.1 Å². The van der Waals surface area contributed by atoms with Crippen molar-refractivity contribution in [1.82, 2.24) is 19.8 Å². The van der Waals surface area contributed by atoms with Gasteiger partial charge in [0.2, 0.25) is 6.54 Å². The fourth-order valence-electron chi connectivity index (χ4n) is 4.60. The van der Waals surface area contributed by atoms with Gasteiger partial charge in [-0.3, -0.25) is 4.90 Å². The fraction of sp³-hybridized carbons (Fsp3) is 0.600. The van der Waals surface area contributed by atoms with Crippen molar-refractivity contribution in [3.63, 3.8) is 0 Å². The Labute approximate surface area is 215 Å². The Hall–Kier alpha value is -2.64. The summed E-state index contributed by atoms with van der Waals surface area (Å²) in [6.07, 6.45) is 1.90. The zero-order valence-electron chi connectivity index (χ0n) is 20.8. The molecule has 2 aromatic rings. The lowest BCUT2D eigenvalue weighted by molar-refractivity contribution is 0.0156. The number of fused-ring (bicyclic) bond motifs is 1. The van der Waals surface area contributed by atoms with Gasteiger partial charge >= 0.3 is 12.1 Å². The first-order chi connectivity index (χ1) is 16.6. The van der Waals surface area contributed by atoms with Crippen LogP contribution in [0.25, 0.3) is 15.7 Å². The first-order valence-electron chi connectivity index (χ1n) is 12.0. The molecule has 1 amide bonds. The molecule has 0 saturated carbocycles. The van der Waals surface area contributed by atoms with Gasteiger partial charge in [-0.05, 0) is 65.4 Å². The number of aromatic nitrogens is 2. The lowest BCUT2D eigenvalue weighted by atomic mass is 10.1.